The van der Waals surface area contributed by atoms with Crippen LogP contribution in [-0.2, 0) is 13.1 Å². The summed E-state index contributed by atoms with van der Waals surface area (Å²) in [6, 6.07) is 0. The number of imidazole rings is 1. The van der Waals surface area contributed by atoms with Crippen molar-refractivity contribution in [2.24, 2.45) is 0 Å². The summed E-state index contributed by atoms with van der Waals surface area (Å²) in [6.45, 7) is 2.90. The highest BCUT2D eigenvalue weighted by atomic mass is 32.1. The number of aromatic nitrogens is 3. The SMILES string of the molecule is c1nc2c(nc3n2CCNC3)s1. The van der Waals surface area contributed by atoms with Crippen molar-refractivity contribution >= 4 is 21.8 Å². The Labute approximate surface area is 73.3 Å². The molecule has 1 aliphatic heterocycles. The average Bonchev–Trinajstić information content (AvgIpc) is 2.62. The lowest BCUT2D eigenvalue weighted by molar-refractivity contribution is 0.512. The Bertz CT molecular complexity index is 416. The Morgan fingerprint density at radius 2 is 2.58 bits per heavy atom. The van der Waals surface area contributed by atoms with Gasteiger partial charge in [-0.2, -0.15) is 0 Å². The van der Waals surface area contributed by atoms with Crippen molar-refractivity contribution in [1.82, 2.24) is 19.9 Å². The van der Waals surface area contributed by atoms with Gasteiger partial charge in [0.25, 0.3) is 0 Å². The topological polar surface area (TPSA) is 42.7 Å². The van der Waals surface area contributed by atoms with Crippen LogP contribution in [0.5, 0.6) is 0 Å². The lowest BCUT2D eigenvalue weighted by Gasteiger charge is -2.14. The van der Waals surface area contributed by atoms with Gasteiger partial charge in [-0.25, -0.2) is 9.97 Å². The Morgan fingerprint density at radius 1 is 1.58 bits per heavy atom. The van der Waals surface area contributed by atoms with Crippen molar-refractivity contribution in [3.8, 4) is 0 Å². The van der Waals surface area contributed by atoms with Crippen LogP contribution in [0, 0.1) is 0 Å². The number of hydrogen-bond acceptors (Lipinski definition) is 4. The lowest BCUT2D eigenvalue weighted by atomic mass is 10.4. The molecule has 0 radical (unpaired) electrons. The molecule has 12 heavy (non-hydrogen) atoms. The fourth-order valence-electron chi connectivity index (χ4n) is 1.56. The molecule has 4 nitrogen and oxygen atoms in total. The zero-order valence-electron chi connectivity index (χ0n) is 6.45. The van der Waals surface area contributed by atoms with E-state index in [0.717, 1.165) is 35.9 Å². The molecule has 2 aromatic rings. The highest BCUT2D eigenvalue weighted by molar-refractivity contribution is 7.16. The Balaban J connectivity index is 2.34. The molecule has 0 amide bonds. The van der Waals surface area contributed by atoms with E-state index < -0.39 is 0 Å². The molecule has 0 saturated heterocycles. The number of fused-ring (bicyclic) bond motifs is 3. The molecular formula is C7H8N4S. The minimum absolute atomic E-state index is 0.878. The Kier molecular flexibility index (Phi) is 1.24. The van der Waals surface area contributed by atoms with E-state index in [2.05, 4.69) is 19.9 Å². The van der Waals surface area contributed by atoms with E-state index in [9.17, 15) is 0 Å². The van der Waals surface area contributed by atoms with Crippen molar-refractivity contribution in [3.05, 3.63) is 11.3 Å². The van der Waals surface area contributed by atoms with Gasteiger partial charge in [0, 0.05) is 13.1 Å². The molecule has 5 heteroatoms. The minimum atomic E-state index is 0.878. The van der Waals surface area contributed by atoms with Crippen LogP contribution in [0.4, 0.5) is 0 Å². The standard InChI is InChI=1S/C7H8N4S/c1-2-11-5(3-8-1)10-7-6(11)9-4-12-7/h4,8H,1-3H2. The van der Waals surface area contributed by atoms with Gasteiger partial charge < -0.3 is 9.88 Å². The molecule has 0 spiro atoms. The highest BCUT2D eigenvalue weighted by Gasteiger charge is 2.15. The Morgan fingerprint density at radius 3 is 3.58 bits per heavy atom. The van der Waals surface area contributed by atoms with Gasteiger partial charge in [0.15, 0.2) is 10.5 Å². The van der Waals surface area contributed by atoms with Crippen LogP contribution < -0.4 is 5.32 Å². The van der Waals surface area contributed by atoms with Crippen LogP contribution in [0.25, 0.3) is 10.5 Å². The summed E-state index contributed by atoms with van der Waals surface area (Å²) in [5.74, 6) is 1.12. The van der Waals surface area contributed by atoms with E-state index in [1.54, 1.807) is 11.3 Å². The maximum Gasteiger partial charge on any atom is 0.171 e. The average molecular weight is 180 g/mol. The first-order valence-corrected chi connectivity index (χ1v) is 4.82. The second-order valence-electron chi connectivity index (χ2n) is 2.84. The number of nitrogens with zero attached hydrogens (tertiary/aromatic N) is 3. The fraction of sp³-hybridized carbons (Fsp3) is 0.429. The van der Waals surface area contributed by atoms with Crippen LogP contribution in [0.2, 0.25) is 0 Å². The zero-order chi connectivity index (χ0) is 7.97. The van der Waals surface area contributed by atoms with E-state index in [4.69, 9.17) is 0 Å². The van der Waals surface area contributed by atoms with Gasteiger partial charge in [0.05, 0.1) is 12.1 Å². The highest BCUT2D eigenvalue weighted by Crippen LogP contribution is 2.19. The normalized spacial score (nSPS) is 16.7. The monoisotopic (exact) mass is 180 g/mol. The maximum absolute atomic E-state index is 4.47. The molecule has 3 heterocycles. The van der Waals surface area contributed by atoms with E-state index in [0.29, 0.717) is 0 Å². The second kappa shape index (κ2) is 2.27. The molecule has 1 aliphatic rings. The maximum atomic E-state index is 4.47. The van der Waals surface area contributed by atoms with E-state index in [1.807, 2.05) is 5.51 Å². The van der Waals surface area contributed by atoms with Crippen molar-refractivity contribution in [3.63, 3.8) is 0 Å². The molecule has 0 bridgehead atoms. The summed E-state index contributed by atoms with van der Waals surface area (Å²) in [5, 5.41) is 3.29. The summed E-state index contributed by atoms with van der Waals surface area (Å²) in [5.41, 5.74) is 2.91. The first-order chi connectivity index (χ1) is 5.95. The molecule has 0 unspecified atom stereocenters. The summed E-state index contributed by atoms with van der Waals surface area (Å²) in [6.07, 6.45) is 0. The van der Waals surface area contributed by atoms with E-state index in [-0.39, 0.29) is 0 Å². The summed E-state index contributed by atoms with van der Waals surface area (Å²) >= 11 is 1.61. The molecule has 3 rings (SSSR count). The number of nitrogens with one attached hydrogen (secondary N) is 1. The largest absolute Gasteiger partial charge is 0.310 e. The lowest BCUT2D eigenvalue weighted by Crippen LogP contribution is -2.28. The smallest absolute Gasteiger partial charge is 0.171 e. The second-order valence-corrected chi connectivity index (χ2v) is 3.67. The van der Waals surface area contributed by atoms with Crippen LogP contribution in [-0.4, -0.2) is 21.1 Å². The predicted octanol–water partition coefficient (Wildman–Crippen LogP) is 0.596. The van der Waals surface area contributed by atoms with Gasteiger partial charge in [-0.05, 0) is 0 Å². The van der Waals surface area contributed by atoms with Crippen LogP contribution in [0.15, 0.2) is 5.51 Å². The Hall–Kier alpha value is -0.940. The fourth-order valence-corrected chi connectivity index (χ4v) is 2.24. The predicted molar refractivity (Wildman–Crippen MR) is 47.1 cm³/mol. The number of rotatable bonds is 0. The van der Waals surface area contributed by atoms with Crippen molar-refractivity contribution in [2.45, 2.75) is 13.1 Å². The molecule has 1 N–H and O–H groups in total. The molecule has 62 valence electrons. The van der Waals surface area contributed by atoms with Gasteiger partial charge in [-0.3, -0.25) is 0 Å². The first kappa shape index (κ1) is 6.56. The summed E-state index contributed by atoms with van der Waals surface area (Å²) in [7, 11) is 0. The third-order valence-electron chi connectivity index (χ3n) is 2.12. The van der Waals surface area contributed by atoms with Gasteiger partial charge >= 0.3 is 0 Å². The molecule has 0 atom stereocenters. The third-order valence-corrected chi connectivity index (χ3v) is 2.83. The van der Waals surface area contributed by atoms with Gasteiger partial charge in [-0.1, -0.05) is 0 Å². The third kappa shape index (κ3) is 0.748. The molecule has 0 aliphatic carbocycles. The molecule has 0 aromatic carbocycles. The number of thiazole rings is 1. The minimum Gasteiger partial charge on any atom is -0.310 e. The number of hydrogen-bond donors (Lipinski definition) is 1. The van der Waals surface area contributed by atoms with Gasteiger partial charge in [0.1, 0.15) is 5.82 Å². The van der Waals surface area contributed by atoms with Crippen LogP contribution in [0.3, 0.4) is 0 Å². The molecule has 0 saturated carbocycles. The van der Waals surface area contributed by atoms with Crippen molar-refractivity contribution in [1.29, 1.82) is 0 Å². The quantitative estimate of drug-likeness (QED) is 0.645. The molecular weight excluding hydrogens is 172 g/mol. The zero-order valence-corrected chi connectivity index (χ0v) is 7.27. The van der Waals surface area contributed by atoms with E-state index >= 15 is 0 Å². The van der Waals surface area contributed by atoms with Gasteiger partial charge in [-0.15, -0.1) is 11.3 Å². The van der Waals surface area contributed by atoms with Crippen LogP contribution >= 0.6 is 11.3 Å². The first-order valence-electron chi connectivity index (χ1n) is 3.94. The summed E-state index contributed by atoms with van der Waals surface area (Å²) < 4.78 is 2.20. The molecule has 0 fully saturated rings. The van der Waals surface area contributed by atoms with Gasteiger partial charge in [0.2, 0.25) is 0 Å². The van der Waals surface area contributed by atoms with Crippen LogP contribution in [0.1, 0.15) is 5.82 Å². The van der Waals surface area contributed by atoms with Crippen molar-refractivity contribution in [2.75, 3.05) is 6.54 Å². The molecule has 2 aromatic heterocycles. The van der Waals surface area contributed by atoms with Crippen molar-refractivity contribution < 1.29 is 0 Å². The van der Waals surface area contributed by atoms with E-state index in [1.165, 1.54) is 0 Å². The summed E-state index contributed by atoms with van der Waals surface area (Å²) in [4.78, 5) is 9.82.